The summed E-state index contributed by atoms with van der Waals surface area (Å²) in [7, 11) is 0. The van der Waals surface area contributed by atoms with E-state index in [1.165, 1.54) is 38.5 Å². The third-order valence-electron chi connectivity index (χ3n) is 4.49. The number of rotatable bonds is 5. The topological polar surface area (TPSA) is 55.5 Å². The van der Waals surface area contributed by atoms with Crippen LogP contribution in [0.2, 0.25) is 0 Å². The highest BCUT2D eigenvalue weighted by Crippen LogP contribution is 2.39. The van der Waals surface area contributed by atoms with E-state index in [2.05, 4.69) is 22.9 Å². The van der Waals surface area contributed by atoms with E-state index >= 15 is 0 Å². The van der Waals surface area contributed by atoms with Crippen LogP contribution in [0.3, 0.4) is 0 Å². The molecule has 0 spiro atoms. The highest BCUT2D eigenvalue weighted by atomic mass is 79.9. The Morgan fingerprint density at radius 2 is 1.86 bits per heavy atom. The number of benzene rings is 1. The highest BCUT2D eigenvalue weighted by Gasteiger charge is 2.31. The maximum Gasteiger partial charge on any atom is 0.173 e. The van der Waals surface area contributed by atoms with E-state index in [4.69, 9.17) is 10.5 Å². The molecule has 1 saturated carbocycles. The van der Waals surface area contributed by atoms with Crippen LogP contribution in [-0.2, 0) is 0 Å². The first-order valence-electron chi connectivity index (χ1n) is 7.85. The largest absolute Gasteiger partial charge is 0.472 e. The van der Waals surface area contributed by atoms with Crippen molar-refractivity contribution in [3.05, 3.63) is 28.7 Å². The SMILES string of the molecule is CC1(CC(O)C(N)Oc2ccccc2Br)CCCCCC1. The zero-order chi connectivity index (χ0) is 15.3. The third kappa shape index (κ3) is 4.97. The summed E-state index contributed by atoms with van der Waals surface area (Å²) in [6.07, 6.45) is 6.85. The molecule has 0 radical (unpaired) electrons. The summed E-state index contributed by atoms with van der Waals surface area (Å²) < 4.78 is 6.56. The summed E-state index contributed by atoms with van der Waals surface area (Å²) in [6, 6.07) is 7.57. The lowest BCUT2D eigenvalue weighted by Crippen LogP contribution is -2.42. The molecule has 0 saturated heterocycles. The first kappa shape index (κ1) is 16.8. The summed E-state index contributed by atoms with van der Waals surface area (Å²) >= 11 is 3.43. The molecule has 1 aliphatic rings. The average molecular weight is 356 g/mol. The minimum Gasteiger partial charge on any atom is -0.472 e. The number of para-hydroxylation sites is 1. The van der Waals surface area contributed by atoms with Gasteiger partial charge in [0.05, 0.1) is 4.47 Å². The van der Waals surface area contributed by atoms with Crippen molar-refractivity contribution in [3.63, 3.8) is 0 Å². The van der Waals surface area contributed by atoms with Gasteiger partial charge >= 0.3 is 0 Å². The molecule has 21 heavy (non-hydrogen) atoms. The predicted octanol–water partition coefficient (Wildman–Crippen LogP) is 4.22. The first-order chi connectivity index (χ1) is 10.0. The molecule has 3 nitrogen and oxygen atoms in total. The van der Waals surface area contributed by atoms with Crippen LogP contribution in [-0.4, -0.2) is 17.4 Å². The van der Waals surface area contributed by atoms with Crippen LogP contribution in [0.4, 0.5) is 0 Å². The summed E-state index contributed by atoms with van der Waals surface area (Å²) in [4.78, 5) is 0. The van der Waals surface area contributed by atoms with E-state index < -0.39 is 12.3 Å². The number of nitrogens with two attached hydrogens (primary N) is 1. The number of hydrogen-bond acceptors (Lipinski definition) is 3. The van der Waals surface area contributed by atoms with E-state index in [1.54, 1.807) is 0 Å². The molecule has 1 aromatic carbocycles. The summed E-state index contributed by atoms with van der Waals surface area (Å²) in [5, 5.41) is 10.4. The third-order valence-corrected chi connectivity index (χ3v) is 5.15. The Hall–Kier alpha value is -0.580. The number of aliphatic hydroxyl groups is 1. The standard InChI is InChI=1S/C17H26BrNO2/c1-17(10-6-2-3-7-11-17)12-14(20)16(19)21-15-9-5-4-8-13(15)18/h4-5,8-9,14,16,20H,2-3,6-7,10-12,19H2,1H3. The maximum atomic E-state index is 10.4. The molecule has 118 valence electrons. The monoisotopic (exact) mass is 355 g/mol. The van der Waals surface area contributed by atoms with Crippen molar-refractivity contribution in [2.24, 2.45) is 11.1 Å². The molecule has 2 rings (SSSR count). The molecule has 1 aliphatic carbocycles. The molecule has 0 heterocycles. The molecular formula is C17H26BrNO2. The zero-order valence-electron chi connectivity index (χ0n) is 12.7. The molecule has 1 fully saturated rings. The lowest BCUT2D eigenvalue weighted by molar-refractivity contribution is 0.00385. The van der Waals surface area contributed by atoms with Crippen molar-refractivity contribution in [1.82, 2.24) is 0 Å². The molecule has 1 aromatic rings. The summed E-state index contributed by atoms with van der Waals surface area (Å²) in [5.41, 5.74) is 6.23. The van der Waals surface area contributed by atoms with Crippen molar-refractivity contribution in [1.29, 1.82) is 0 Å². The van der Waals surface area contributed by atoms with Crippen molar-refractivity contribution in [2.75, 3.05) is 0 Å². The van der Waals surface area contributed by atoms with Crippen LogP contribution in [0.1, 0.15) is 51.9 Å². The molecule has 0 aromatic heterocycles. The number of hydrogen-bond donors (Lipinski definition) is 2. The minimum atomic E-state index is -0.691. The van der Waals surface area contributed by atoms with E-state index in [9.17, 15) is 5.11 Å². The van der Waals surface area contributed by atoms with Gasteiger partial charge < -0.3 is 9.84 Å². The van der Waals surface area contributed by atoms with Crippen LogP contribution < -0.4 is 10.5 Å². The van der Waals surface area contributed by atoms with Gasteiger partial charge in [-0.05, 0) is 52.7 Å². The molecule has 0 amide bonds. The Labute approximate surface area is 136 Å². The number of halogens is 1. The highest BCUT2D eigenvalue weighted by molar-refractivity contribution is 9.10. The van der Waals surface area contributed by atoms with Crippen LogP contribution in [0.25, 0.3) is 0 Å². The Kier molecular flexibility index (Phi) is 6.08. The smallest absolute Gasteiger partial charge is 0.173 e. The predicted molar refractivity (Wildman–Crippen MR) is 89.2 cm³/mol. The Morgan fingerprint density at radius 1 is 1.24 bits per heavy atom. The fourth-order valence-corrected chi connectivity index (χ4v) is 3.55. The Bertz CT molecular complexity index is 444. The lowest BCUT2D eigenvalue weighted by atomic mass is 9.77. The van der Waals surface area contributed by atoms with Crippen molar-refractivity contribution >= 4 is 15.9 Å². The van der Waals surface area contributed by atoms with Crippen LogP contribution in [0.15, 0.2) is 28.7 Å². The molecule has 0 bridgehead atoms. The van der Waals surface area contributed by atoms with Gasteiger partial charge in [0.1, 0.15) is 11.9 Å². The van der Waals surface area contributed by atoms with Gasteiger partial charge in [-0.15, -0.1) is 0 Å². The second kappa shape index (κ2) is 7.61. The fraction of sp³-hybridized carbons (Fsp3) is 0.647. The van der Waals surface area contributed by atoms with Gasteiger partial charge in [0.2, 0.25) is 0 Å². The summed E-state index contributed by atoms with van der Waals surface area (Å²) in [6.45, 7) is 2.27. The van der Waals surface area contributed by atoms with E-state index in [1.807, 2.05) is 24.3 Å². The molecular weight excluding hydrogens is 330 g/mol. The van der Waals surface area contributed by atoms with Gasteiger partial charge in [-0.1, -0.05) is 44.7 Å². The number of ether oxygens (including phenoxy) is 1. The van der Waals surface area contributed by atoms with Gasteiger partial charge in [0.25, 0.3) is 0 Å². The minimum absolute atomic E-state index is 0.185. The zero-order valence-corrected chi connectivity index (χ0v) is 14.3. The second-order valence-electron chi connectivity index (χ2n) is 6.51. The summed E-state index contributed by atoms with van der Waals surface area (Å²) in [5.74, 6) is 0.676. The molecule has 0 aliphatic heterocycles. The first-order valence-corrected chi connectivity index (χ1v) is 8.64. The molecule has 4 heteroatoms. The van der Waals surface area contributed by atoms with E-state index in [0.29, 0.717) is 12.2 Å². The molecule has 2 atom stereocenters. The normalized spacial score (nSPS) is 21.3. The Balaban J connectivity index is 1.92. The van der Waals surface area contributed by atoms with Crippen molar-refractivity contribution in [3.8, 4) is 5.75 Å². The maximum absolute atomic E-state index is 10.4. The van der Waals surface area contributed by atoms with Crippen LogP contribution in [0.5, 0.6) is 5.75 Å². The van der Waals surface area contributed by atoms with Crippen molar-refractivity contribution < 1.29 is 9.84 Å². The van der Waals surface area contributed by atoms with Gasteiger partial charge in [0, 0.05) is 0 Å². The van der Waals surface area contributed by atoms with E-state index in [0.717, 1.165) is 4.47 Å². The Morgan fingerprint density at radius 3 is 2.48 bits per heavy atom. The van der Waals surface area contributed by atoms with E-state index in [-0.39, 0.29) is 5.41 Å². The van der Waals surface area contributed by atoms with Crippen LogP contribution >= 0.6 is 15.9 Å². The van der Waals surface area contributed by atoms with Gasteiger partial charge in [-0.25, -0.2) is 0 Å². The molecule has 2 unspecified atom stereocenters. The lowest BCUT2D eigenvalue weighted by Gasteiger charge is -2.32. The fourth-order valence-electron chi connectivity index (χ4n) is 3.17. The van der Waals surface area contributed by atoms with Gasteiger partial charge in [-0.2, -0.15) is 0 Å². The van der Waals surface area contributed by atoms with Crippen LogP contribution in [0, 0.1) is 5.41 Å². The second-order valence-corrected chi connectivity index (χ2v) is 7.36. The van der Waals surface area contributed by atoms with Gasteiger partial charge in [0.15, 0.2) is 6.23 Å². The average Bonchev–Trinajstić information content (AvgIpc) is 2.66. The van der Waals surface area contributed by atoms with Crippen molar-refractivity contribution in [2.45, 2.75) is 64.2 Å². The number of aliphatic hydroxyl groups excluding tert-OH is 1. The van der Waals surface area contributed by atoms with Gasteiger partial charge in [-0.3, -0.25) is 5.73 Å². The quantitative estimate of drug-likeness (QED) is 0.613. The molecule has 3 N–H and O–H groups in total.